The molecule has 0 saturated heterocycles. The topological polar surface area (TPSA) is 32.9 Å². The fraction of sp³-hybridized carbons (Fsp3) is 0.357. The minimum Gasteiger partial charge on any atom is -0.360 e. The monoisotopic (exact) mass is 215 g/mol. The van der Waals surface area contributed by atoms with Gasteiger partial charge >= 0.3 is 0 Å². The van der Waals surface area contributed by atoms with Gasteiger partial charge in [0.2, 0.25) is 0 Å². The summed E-state index contributed by atoms with van der Waals surface area (Å²) in [6.07, 6.45) is 7.45. The Hall–Kier alpha value is -1.57. The third kappa shape index (κ3) is 2.01. The molecule has 84 valence electrons. The molecule has 0 atom stereocenters. The summed E-state index contributed by atoms with van der Waals surface area (Å²) in [5.74, 6) is 0. The lowest BCUT2D eigenvalue weighted by molar-refractivity contribution is 0.112. The van der Waals surface area contributed by atoms with Crippen LogP contribution in [0.15, 0.2) is 24.4 Å². The van der Waals surface area contributed by atoms with E-state index in [1.165, 1.54) is 24.8 Å². The van der Waals surface area contributed by atoms with Crippen LogP contribution in [-0.4, -0.2) is 11.3 Å². The van der Waals surface area contributed by atoms with Crippen molar-refractivity contribution in [2.24, 2.45) is 0 Å². The van der Waals surface area contributed by atoms with Gasteiger partial charge in [0.05, 0.1) is 0 Å². The van der Waals surface area contributed by atoms with Gasteiger partial charge in [-0.05, 0) is 24.5 Å². The van der Waals surface area contributed by atoms with Crippen LogP contribution in [0.1, 0.15) is 42.1 Å². The smallest absolute Gasteiger partial charge is 0.152 e. The number of aldehydes is 1. The van der Waals surface area contributed by atoms with Gasteiger partial charge < -0.3 is 4.98 Å². The van der Waals surface area contributed by atoms with E-state index in [1.807, 2.05) is 6.07 Å². The SMILES string of the molecule is CCCCCc1cccc2[nH]cc(C=O)c12. The molecule has 2 nitrogen and oxygen atoms in total. The number of hydrogen-bond donors (Lipinski definition) is 1. The van der Waals surface area contributed by atoms with Crippen molar-refractivity contribution in [3.8, 4) is 0 Å². The Morgan fingerprint density at radius 2 is 2.19 bits per heavy atom. The highest BCUT2D eigenvalue weighted by Gasteiger charge is 2.07. The fourth-order valence-electron chi connectivity index (χ4n) is 2.16. The van der Waals surface area contributed by atoms with Crippen LogP contribution in [0.25, 0.3) is 10.9 Å². The van der Waals surface area contributed by atoms with E-state index >= 15 is 0 Å². The lowest BCUT2D eigenvalue weighted by atomic mass is 10.0. The quantitative estimate of drug-likeness (QED) is 0.598. The first kappa shape index (κ1) is 10.9. The zero-order valence-corrected chi connectivity index (χ0v) is 9.62. The standard InChI is InChI=1S/C14H17NO/c1-2-3-4-6-11-7-5-8-13-14(11)12(10-16)9-15-13/h5,7-10,15H,2-4,6H2,1H3. The summed E-state index contributed by atoms with van der Waals surface area (Å²) in [7, 11) is 0. The molecule has 0 aliphatic carbocycles. The van der Waals surface area contributed by atoms with E-state index in [2.05, 4.69) is 24.0 Å². The molecule has 0 aliphatic rings. The van der Waals surface area contributed by atoms with Crippen molar-refractivity contribution in [2.75, 3.05) is 0 Å². The maximum absolute atomic E-state index is 10.9. The Balaban J connectivity index is 2.35. The van der Waals surface area contributed by atoms with Crippen LogP contribution in [0.2, 0.25) is 0 Å². The second-order valence-electron chi connectivity index (χ2n) is 4.16. The Kier molecular flexibility index (Phi) is 3.40. The summed E-state index contributed by atoms with van der Waals surface area (Å²) in [5.41, 5.74) is 3.13. The third-order valence-electron chi connectivity index (χ3n) is 3.00. The van der Waals surface area contributed by atoms with Crippen molar-refractivity contribution in [2.45, 2.75) is 32.6 Å². The van der Waals surface area contributed by atoms with Gasteiger partial charge in [0.1, 0.15) is 0 Å². The highest BCUT2D eigenvalue weighted by Crippen LogP contribution is 2.23. The molecule has 0 unspecified atom stereocenters. The molecule has 2 heteroatoms. The normalized spacial score (nSPS) is 10.8. The molecule has 1 N–H and O–H groups in total. The molecule has 1 heterocycles. The minimum absolute atomic E-state index is 0.780. The van der Waals surface area contributed by atoms with Crippen LogP contribution >= 0.6 is 0 Å². The summed E-state index contributed by atoms with van der Waals surface area (Å²) < 4.78 is 0. The van der Waals surface area contributed by atoms with Gasteiger partial charge in [-0.15, -0.1) is 0 Å². The zero-order valence-electron chi connectivity index (χ0n) is 9.62. The molecule has 2 aromatic rings. The lowest BCUT2D eigenvalue weighted by Gasteiger charge is -2.03. The molecule has 0 aliphatic heterocycles. The highest BCUT2D eigenvalue weighted by atomic mass is 16.1. The Labute approximate surface area is 95.7 Å². The number of carbonyl (C=O) groups excluding carboxylic acids is 1. The van der Waals surface area contributed by atoms with Gasteiger partial charge in [-0.25, -0.2) is 0 Å². The van der Waals surface area contributed by atoms with E-state index in [0.29, 0.717) is 0 Å². The van der Waals surface area contributed by atoms with Crippen LogP contribution in [0.5, 0.6) is 0 Å². The van der Waals surface area contributed by atoms with Crippen LogP contribution in [0, 0.1) is 0 Å². The first-order valence-electron chi connectivity index (χ1n) is 5.91. The third-order valence-corrected chi connectivity index (χ3v) is 3.00. The number of aryl methyl sites for hydroxylation is 1. The number of benzene rings is 1. The zero-order chi connectivity index (χ0) is 11.4. The molecule has 16 heavy (non-hydrogen) atoms. The molecule has 2 rings (SSSR count). The molecular weight excluding hydrogens is 198 g/mol. The minimum atomic E-state index is 0.780. The van der Waals surface area contributed by atoms with Crippen LogP contribution < -0.4 is 0 Å². The average Bonchev–Trinajstić information content (AvgIpc) is 2.73. The van der Waals surface area contributed by atoms with Gasteiger partial charge in [-0.2, -0.15) is 0 Å². The molecule has 0 spiro atoms. The van der Waals surface area contributed by atoms with E-state index in [1.54, 1.807) is 6.20 Å². The summed E-state index contributed by atoms with van der Waals surface area (Å²) in [5, 5.41) is 1.11. The average molecular weight is 215 g/mol. The molecule has 1 aromatic carbocycles. The number of unbranched alkanes of at least 4 members (excludes halogenated alkanes) is 2. The van der Waals surface area contributed by atoms with Crippen LogP contribution in [0.3, 0.4) is 0 Å². The molecule has 0 bridgehead atoms. The second kappa shape index (κ2) is 4.97. The largest absolute Gasteiger partial charge is 0.360 e. The molecule has 0 amide bonds. The summed E-state index contributed by atoms with van der Waals surface area (Å²) in [6, 6.07) is 6.19. The van der Waals surface area contributed by atoms with Crippen LogP contribution in [-0.2, 0) is 6.42 Å². The number of H-pyrrole nitrogens is 1. The Morgan fingerprint density at radius 1 is 1.31 bits per heavy atom. The van der Waals surface area contributed by atoms with Gasteiger partial charge in [0.15, 0.2) is 6.29 Å². The van der Waals surface area contributed by atoms with Gasteiger partial charge in [0, 0.05) is 22.7 Å². The van der Waals surface area contributed by atoms with Crippen molar-refractivity contribution in [1.82, 2.24) is 4.98 Å². The van der Waals surface area contributed by atoms with Crippen molar-refractivity contribution < 1.29 is 4.79 Å². The number of aromatic nitrogens is 1. The number of nitrogens with one attached hydrogen (secondary N) is 1. The molecule has 1 aromatic heterocycles. The van der Waals surface area contributed by atoms with Gasteiger partial charge in [-0.1, -0.05) is 31.9 Å². The molecule has 0 radical (unpaired) electrons. The van der Waals surface area contributed by atoms with Crippen molar-refractivity contribution in [3.05, 3.63) is 35.5 Å². The van der Waals surface area contributed by atoms with Crippen molar-refractivity contribution in [3.63, 3.8) is 0 Å². The maximum Gasteiger partial charge on any atom is 0.152 e. The predicted octanol–water partition coefficient (Wildman–Crippen LogP) is 3.71. The molecular formula is C14H17NO. The first-order chi connectivity index (χ1) is 7.86. The van der Waals surface area contributed by atoms with E-state index in [0.717, 1.165) is 29.2 Å². The van der Waals surface area contributed by atoms with Crippen molar-refractivity contribution >= 4 is 17.2 Å². The Morgan fingerprint density at radius 3 is 2.94 bits per heavy atom. The van der Waals surface area contributed by atoms with Crippen molar-refractivity contribution in [1.29, 1.82) is 0 Å². The fourth-order valence-corrected chi connectivity index (χ4v) is 2.16. The van der Waals surface area contributed by atoms with E-state index in [4.69, 9.17) is 0 Å². The summed E-state index contributed by atoms with van der Waals surface area (Å²) in [6.45, 7) is 2.20. The predicted molar refractivity (Wildman–Crippen MR) is 66.9 cm³/mol. The van der Waals surface area contributed by atoms with Gasteiger partial charge in [-0.3, -0.25) is 4.79 Å². The van der Waals surface area contributed by atoms with E-state index in [-0.39, 0.29) is 0 Å². The number of rotatable bonds is 5. The second-order valence-corrected chi connectivity index (χ2v) is 4.16. The van der Waals surface area contributed by atoms with E-state index < -0.39 is 0 Å². The number of fused-ring (bicyclic) bond motifs is 1. The number of aromatic amines is 1. The number of hydrogen-bond acceptors (Lipinski definition) is 1. The summed E-state index contributed by atoms with van der Waals surface area (Å²) in [4.78, 5) is 14.1. The Bertz CT molecular complexity index is 484. The van der Waals surface area contributed by atoms with Gasteiger partial charge in [0.25, 0.3) is 0 Å². The lowest BCUT2D eigenvalue weighted by Crippen LogP contribution is -1.88. The van der Waals surface area contributed by atoms with E-state index in [9.17, 15) is 4.79 Å². The van der Waals surface area contributed by atoms with Crippen LogP contribution in [0.4, 0.5) is 0 Å². The maximum atomic E-state index is 10.9. The number of carbonyl (C=O) groups is 1. The molecule has 0 fully saturated rings. The highest BCUT2D eigenvalue weighted by molar-refractivity contribution is 5.99. The first-order valence-corrected chi connectivity index (χ1v) is 5.91. The summed E-state index contributed by atoms with van der Waals surface area (Å²) >= 11 is 0. The molecule has 0 saturated carbocycles.